The molecule has 132 valence electrons. The van der Waals surface area contributed by atoms with Crippen LogP contribution in [0.1, 0.15) is 11.1 Å². The first-order valence-corrected chi connectivity index (χ1v) is 7.91. The van der Waals surface area contributed by atoms with Crippen molar-refractivity contribution in [1.29, 1.82) is 0 Å². The van der Waals surface area contributed by atoms with E-state index in [0.717, 1.165) is 18.7 Å². The minimum atomic E-state index is -0.341. The van der Waals surface area contributed by atoms with Gasteiger partial charge in [-0.15, -0.1) is 12.4 Å². The van der Waals surface area contributed by atoms with E-state index in [-0.39, 0.29) is 24.0 Å². The summed E-state index contributed by atoms with van der Waals surface area (Å²) in [5, 5.41) is 1.23. The predicted octanol–water partition coefficient (Wildman–Crippen LogP) is 4.88. The zero-order valence-corrected chi connectivity index (χ0v) is 15.1. The fourth-order valence-electron chi connectivity index (χ4n) is 2.79. The Bertz CT molecular complexity index is 860. The highest BCUT2D eigenvalue weighted by Crippen LogP contribution is 2.19. The lowest BCUT2D eigenvalue weighted by molar-refractivity contribution is 0.365. The van der Waals surface area contributed by atoms with Crippen molar-refractivity contribution in [2.45, 2.75) is 6.54 Å². The molecule has 0 saturated carbocycles. The molecular weight excluding hydrogens is 339 g/mol. The predicted molar refractivity (Wildman–Crippen MR) is 104 cm³/mol. The quantitative estimate of drug-likeness (QED) is 0.678. The Labute approximate surface area is 153 Å². The van der Waals surface area contributed by atoms with Crippen molar-refractivity contribution in [3.63, 3.8) is 0 Å². The number of fused-ring (bicyclic) bond motifs is 1. The van der Waals surface area contributed by atoms with Gasteiger partial charge in [0.1, 0.15) is 0 Å². The standard InChI is InChI=1S/C20H21FN2O.ClH/c1-23(14-17-7-3-6-16-10-11-22-20(16)17)12-4-5-15-8-9-19(24-2)18(21)13-15;/h3-11,13,22H,12,14H2,1-2H3;1H/b5-4+;. The van der Waals surface area contributed by atoms with E-state index in [9.17, 15) is 4.39 Å². The third kappa shape index (κ3) is 4.62. The number of H-pyrrole nitrogens is 1. The van der Waals surface area contributed by atoms with Gasteiger partial charge < -0.3 is 9.72 Å². The third-order valence-electron chi connectivity index (χ3n) is 4.02. The summed E-state index contributed by atoms with van der Waals surface area (Å²) in [5.74, 6) is -0.0743. The average Bonchev–Trinajstić information content (AvgIpc) is 3.05. The van der Waals surface area contributed by atoms with Crippen LogP contribution in [0.2, 0.25) is 0 Å². The van der Waals surface area contributed by atoms with Crippen molar-refractivity contribution in [2.24, 2.45) is 0 Å². The summed E-state index contributed by atoms with van der Waals surface area (Å²) in [4.78, 5) is 5.51. The molecule has 0 saturated heterocycles. The van der Waals surface area contributed by atoms with E-state index in [1.165, 1.54) is 29.6 Å². The lowest BCUT2D eigenvalue weighted by Gasteiger charge is -2.15. The van der Waals surface area contributed by atoms with Crippen LogP contribution < -0.4 is 4.74 Å². The maximum Gasteiger partial charge on any atom is 0.165 e. The van der Waals surface area contributed by atoms with Crippen molar-refractivity contribution < 1.29 is 9.13 Å². The Morgan fingerprint density at radius 2 is 2.04 bits per heavy atom. The van der Waals surface area contributed by atoms with E-state index in [0.29, 0.717) is 0 Å². The van der Waals surface area contributed by atoms with Gasteiger partial charge in [0.15, 0.2) is 11.6 Å². The molecule has 0 unspecified atom stereocenters. The summed E-state index contributed by atoms with van der Waals surface area (Å²) in [6.45, 7) is 1.63. The van der Waals surface area contributed by atoms with Gasteiger partial charge >= 0.3 is 0 Å². The number of halogens is 2. The number of likely N-dealkylation sites (N-methyl/N-ethyl adjacent to an activating group) is 1. The lowest BCUT2D eigenvalue weighted by Crippen LogP contribution is -2.17. The SMILES string of the molecule is COc1ccc(/C=C/CN(C)Cc2cccc3cc[nH]c23)cc1F.Cl. The first-order chi connectivity index (χ1) is 11.7. The fraction of sp³-hybridized carbons (Fsp3) is 0.200. The minimum Gasteiger partial charge on any atom is -0.494 e. The number of aromatic amines is 1. The van der Waals surface area contributed by atoms with Crippen LogP contribution in [0.4, 0.5) is 4.39 Å². The van der Waals surface area contributed by atoms with Gasteiger partial charge in [0.05, 0.1) is 7.11 Å². The van der Waals surface area contributed by atoms with Crippen LogP contribution in [-0.2, 0) is 6.54 Å². The topological polar surface area (TPSA) is 28.3 Å². The molecule has 0 spiro atoms. The van der Waals surface area contributed by atoms with E-state index in [2.05, 4.69) is 41.2 Å². The highest BCUT2D eigenvalue weighted by Gasteiger charge is 2.05. The molecule has 0 aliphatic carbocycles. The van der Waals surface area contributed by atoms with Crippen molar-refractivity contribution in [2.75, 3.05) is 20.7 Å². The van der Waals surface area contributed by atoms with E-state index >= 15 is 0 Å². The van der Waals surface area contributed by atoms with Gasteiger partial charge in [-0.1, -0.05) is 36.4 Å². The second-order valence-corrected chi connectivity index (χ2v) is 5.85. The molecular formula is C20H22ClFN2O. The number of ether oxygens (including phenoxy) is 1. The van der Waals surface area contributed by atoms with E-state index in [1.807, 2.05) is 24.4 Å². The first-order valence-electron chi connectivity index (χ1n) is 7.91. The largest absolute Gasteiger partial charge is 0.494 e. The van der Waals surface area contributed by atoms with Gasteiger partial charge in [-0.2, -0.15) is 0 Å². The molecule has 3 nitrogen and oxygen atoms in total. The summed E-state index contributed by atoms with van der Waals surface area (Å²) >= 11 is 0. The summed E-state index contributed by atoms with van der Waals surface area (Å²) < 4.78 is 18.6. The molecule has 5 heteroatoms. The number of nitrogens with zero attached hydrogens (tertiary/aromatic N) is 1. The number of hydrogen-bond acceptors (Lipinski definition) is 2. The normalized spacial score (nSPS) is 11.2. The van der Waals surface area contributed by atoms with Crippen molar-refractivity contribution in [3.05, 3.63) is 71.7 Å². The van der Waals surface area contributed by atoms with Crippen LogP contribution in [-0.4, -0.2) is 30.6 Å². The van der Waals surface area contributed by atoms with E-state index in [1.54, 1.807) is 6.07 Å². The average molecular weight is 361 g/mol. The Morgan fingerprint density at radius 3 is 2.80 bits per heavy atom. The smallest absolute Gasteiger partial charge is 0.165 e. The molecule has 0 fully saturated rings. The number of aromatic nitrogens is 1. The fourth-order valence-corrected chi connectivity index (χ4v) is 2.79. The highest BCUT2D eigenvalue weighted by atomic mass is 35.5. The molecule has 25 heavy (non-hydrogen) atoms. The van der Waals surface area contributed by atoms with E-state index < -0.39 is 0 Å². The van der Waals surface area contributed by atoms with Gasteiger partial charge in [0, 0.05) is 24.8 Å². The first kappa shape index (κ1) is 19.0. The molecule has 0 amide bonds. The van der Waals surface area contributed by atoms with Gasteiger partial charge in [0.25, 0.3) is 0 Å². The van der Waals surface area contributed by atoms with Crippen LogP contribution in [0.5, 0.6) is 5.75 Å². The summed E-state index contributed by atoms with van der Waals surface area (Å²) in [5.41, 5.74) is 3.28. The molecule has 0 bridgehead atoms. The number of para-hydroxylation sites is 1. The molecule has 3 rings (SSSR count). The summed E-state index contributed by atoms with van der Waals surface area (Å²) in [6, 6.07) is 13.4. The number of benzene rings is 2. The van der Waals surface area contributed by atoms with Gasteiger partial charge in [0.2, 0.25) is 0 Å². The highest BCUT2D eigenvalue weighted by molar-refractivity contribution is 5.85. The number of methoxy groups -OCH3 is 1. The number of hydrogen-bond donors (Lipinski definition) is 1. The van der Waals surface area contributed by atoms with Crippen LogP contribution in [0, 0.1) is 5.82 Å². The van der Waals surface area contributed by atoms with Crippen LogP contribution in [0.25, 0.3) is 17.0 Å². The zero-order chi connectivity index (χ0) is 16.9. The van der Waals surface area contributed by atoms with Crippen molar-refractivity contribution >= 4 is 29.4 Å². The molecule has 1 aromatic heterocycles. The summed E-state index contributed by atoms with van der Waals surface area (Å²) in [6.07, 6.45) is 5.93. The van der Waals surface area contributed by atoms with Gasteiger partial charge in [-0.3, -0.25) is 4.90 Å². The number of nitrogens with one attached hydrogen (secondary N) is 1. The molecule has 0 aliphatic rings. The Morgan fingerprint density at radius 1 is 1.20 bits per heavy atom. The molecule has 0 atom stereocenters. The monoisotopic (exact) mass is 360 g/mol. The number of rotatable bonds is 6. The summed E-state index contributed by atoms with van der Waals surface area (Å²) in [7, 11) is 3.54. The maximum atomic E-state index is 13.7. The lowest BCUT2D eigenvalue weighted by atomic mass is 10.1. The molecule has 2 aromatic carbocycles. The third-order valence-corrected chi connectivity index (χ3v) is 4.02. The van der Waals surface area contributed by atoms with Crippen LogP contribution in [0.15, 0.2) is 54.7 Å². The van der Waals surface area contributed by atoms with Crippen molar-refractivity contribution in [1.82, 2.24) is 9.88 Å². The molecule has 1 N–H and O–H groups in total. The molecule has 3 aromatic rings. The molecule has 0 aliphatic heterocycles. The van der Waals surface area contributed by atoms with E-state index in [4.69, 9.17) is 4.74 Å². The molecule has 1 heterocycles. The van der Waals surface area contributed by atoms with Gasteiger partial charge in [-0.05, 0) is 41.8 Å². The Kier molecular flexibility index (Phi) is 6.62. The second-order valence-electron chi connectivity index (χ2n) is 5.85. The maximum absolute atomic E-state index is 13.7. The van der Waals surface area contributed by atoms with Crippen LogP contribution >= 0.6 is 12.4 Å². The zero-order valence-electron chi connectivity index (χ0n) is 14.3. The van der Waals surface area contributed by atoms with Gasteiger partial charge in [-0.25, -0.2) is 4.39 Å². The second kappa shape index (κ2) is 8.70. The molecule has 0 radical (unpaired) electrons. The van der Waals surface area contributed by atoms with Crippen LogP contribution in [0.3, 0.4) is 0 Å². The Hall–Kier alpha value is -2.30. The Balaban J connectivity index is 0.00000225. The van der Waals surface area contributed by atoms with Crippen molar-refractivity contribution in [3.8, 4) is 5.75 Å². The minimum absolute atomic E-state index is 0.